The minimum absolute atomic E-state index is 0.0621. The predicted molar refractivity (Wildman–Crippen MR) is 76.8 cm³/mol. The van der Waals surface area contributed by atoms with Crippen LogP contribution in [0, 0.1) is 0 Å². The fourth-order valence-electron chi connectivity index (χ4n) is 1.91. The summed E-state index contributed by atoms with van der Waals surface area (Å²) in [6, 6.07) is 5.30. The van der Waals surface area contributed by atoms with Crippen molar-refractivity contribution in [1.82, 2.24) is 25.2 Å². The highest BCUT2D eigenvalue weighted by molar-refractivity contribution is 7.16. The Bertz CT molecular complexity index is 767. The molecule has 7 nitrogen and oxygen atoms in total. The van der Waals surface area contributed by atoms with Crippen molar-refractivity contribution in [3.8, 4) is 0 Å². The molecule has 0 radical (unpaired) electrons. The summed E-state index contributed by atoms with van der Waals surface area (Å²) in [5.74, 6) is 0.153. The van der Waals surface area contributed by atoms with Crippen molar-refractivity contribution < 1.29 is 9.53 Å². The number of carbonyl (C=O) groups is 1. The number of ether oxygens (including phenoxy) is 1. The molecule has 0 spiro atoms. The first-order chi connectivity index (χ1) is 10.3. The van der Waals surface area contributed by atoms with E-state index in [1.54, 1.807) is 22.3 Å². The Labute approximate surface area is 124 Å². The molecule has 0 N–H and O–H groups in total. The number of fused-ring (bicyclic) bond motifs is 1. The zero-order valence-electron chi connectivity index (χ0n) is 11.4. The van der Waals surface area contributed by atoms with Gasteiger partial charge in [-0.15, -0.1) is 16.4 Å². The maximum atomic E-state index is 12.1. The minimum Gasteiger partial charge on any atom is -0.454 e. The molecule has 108 valence electrons. The molecule has 0 atom stereocenters. The van der Waals surface area contributed by atoms with E-state index >= 15 is 0 Å². The van der Waals surface area contributed by atoms with Crippen molar-refractivity contribution in [2.24, 2.45) is 0 Å². The van der Waals surface area contributed by atoms with Gasteiger partial charge in [-0.1, -0.05) is 6.92 Å². The van der Waals surface area contributed by atoms with Crippen LogP contribution in [0.25, 0.3) is 10.2 Å². The molecule has 0 aliphatic heterocycles. The second kappa shape index (κ2) is 5.96. The number of hydrogen-bond acceptors (Lipinski definition) is 7. The van der Waals surface area contributed by atoms with Gasteiger partial charge < -0.3 is 4.74 Å². The molecular formula is C13H13N5O2S. The standard InChI is InChI=1S/C13H13N5O2S/c1-2-5-18-12(15-16-17-18)7-20-13(19)9-3-4-10-11(6-9)21-8-14-10/h3-4,6,8H,2,5,7H2,1H3. The van der Waals surface area contributed by atoms with Gasteiger partial charge in [-0.3, -0.25) is 0 Å². The van der Waals surface area contributed by atoms with Gasteiger partial charge in [0.15, 0.2) is 12.4 Å². The molecule has 0 fully saturated rings. The largest absolute Gasteiger partial charge is 0.454 e. The van der Waals surface area contributed by atoms with E-state index in [9.17, 15) is 4.79 Å². The fraction of sp³-hybridized carbons (Fsp3) is 0.308. The molecule has 2 aromatic heterocycles. The Morgan fingerprint density at radius 2 is 2.33 bits per heavy atom. The van der Waals surface area contributed by atoms with E-state index in [1.165, 1.54) is 11.3 Å². The number of esters is 1. The second-order valence-corrected chi connectivity index (χ2v) is 5.32. The van der Waals surface area contributed by atoms with Crippen molar-refractivity contribution in [1.29, 1.82) is 0 Å². The first kappa shape index (κ1) is 13.6. The van der Waals surface area contributed by atoms with Gasteiger partial charge in [0.1, 0.15) is 0 Å². The molecule has 3 aromatic rings. The van der Waals surface area contributed by atoms with Crippen LogP contribution in [0.4, 0.5) is 0 Å². The summed E-state index contributed by atoms with van der Waals surface area (Å²) in [4.78, 5) is 16.2. The normalized spacial score (nSPS) is 10.9. The summed E-state index contributed by atoms with van der Waals surface area (Å²) in [6.45, 7) is 2.79. The minimum atomic E-state index is -0.392. The number of nitrogens with zero attached hydrogens (tertiary/aromatic N) is 5. The van der Waals surface area contributed by atoms with Crippen molar-refractivity contribution in [3.05, 3.63) is 35.1 Å². The zero-order chi connectivity index (χ0) is 14.7. The van der Waals surface area contributed by atoms with Crippen LogP contribution >= 0.6 is 11.3 Å². The van der Waals surface area contributed by atoms with Crippen LogP contribution in [0.5, 0.6) is 0 Å². The van der Waals surface area contributed by atoms with Gasteiger partial charge in [-0.25, -0.2) is 14.5 Å². The third kappa shape index (κ3) is 2.89. The lowest BCUT2D eigenvalue weighted by Gasteiger charge is -2.05. The Kier molecular flexibility index (Phi) is 3.87. The molecule has 0 bridgehead atoms. The summed E-state index contributed by atoms with van der Waals surface area (Å²) in [5.41, 5.74) is 3.13. The molecule has 2 heterocycles. The molecule has 0 aliphatic rings. The van der Waals surface area contributed by atoms with Crippen LogP contribution in [0.15, 0.2) is 23.7 Å². The molecule has 0 amide bonds. The summed E-state index contributed by atoms with van der Waals surface area (Å²) in [6.07, 6.45) is 0.911. The summed E-state index contributed by atoms with van der Waals surface area (Å²) >= 11 is 1.49. The van der Waals surface area contributed by atoms with Gasteiger partial charge in [0.2, 0.25) is 0 Å². The van der Waals surface area contributed by atoms with E-state index in [2.05, 4.69) is 20.5 Å². The van der Waals surface area contributed by atoms with E-state index in [1.807, 2.05) is 13.0 Å². The highest BCUT2D eigenvalue weighted by Gasteiger charge is 2.12. The molecule has 0 unspecified atom stereocenters. The molecule has 0 saturated heterocycles. The van der Waals surface area contributed by atoms with Gasteiger partial charge in [0.05, 0.1) is 21.3 Å². The Morgan fingerprint density at radius 3 is 3.19 bits per heavy atom. The SMILES string of the molecule is CCCn1nnnc1COC(=O)c1ccc2ncsc2c1. The van der Waals surface area contributed by atoms with Crippen molar-refractivity contribution in [2.75, 3.05) is 0 Å². The number of hydrogen-bond donors (Lipinski definition) is 0. The number of aryl methyl sites for hydroxylation is 1. The monoisotopic (exact) mass is 303 g/mol. The number of carbonyl (C=O) groups excluding carboxylic acids is 1. The Morgan fingerprint density at radius 1 is 1.43 bits per heavy atom. The number of aromatic nitrogens is 5. The molecule has 0 aliphatic carbocycles. The fourth-order valence-corrected chi connectivity index (χ4v) is 2.62. The zero-order valence-corrected chi connectivity index (χ0v) is 12.2. The van der Waals surface area contributed by atoms with Crippen LogP contribution in [-0.2, 0) is 17.9 Å². The lowest BCUT2D eigenvalue weighted by atomic mass is 10.2. The van der Waals surface area contributed by atoms with E-state index in [0.29, 0.717) is 17.9 Å². The highest BCUT2D eigenvalue weighted by Crippen LogP contribution is 2.19. The topological polar surface area (TPSA) is 82.8 Å². The van der Waals surface area contributed by atoms with E-state index in [4.69, 9.17) is 4.74 Å². The molecular weight excluding hydrogens is 290 g/mol. The van der Waals surface area contributed by atoms with Crippen molar-refractivity contribution in [3.63, 3.8) is 0 Å². The Balaban J connectivity index is 1.69. The van der Waals surface area contributed by atoms with Gasteiger partial charge in [0, 0.05) is 6.54 Å². The Hall–Kier alpha value is -2.35. The molecule has 21 heavy (non-hydrogen) atoms. The summed E-state index contributed by atoms with van der Waals surface area (Å²) in [5, 5.41) is 11.3. The first-order valence-electron chi connectivity index (χ1n) is 6.53. The summed E-state index contributed by atoms with van der Waals surface area (Å²) < 4.78 is 7.86. The highest BCUT2D eigenvalue weighted by atomic mass is 32.1. The predicted octanol–water partition coefficient (Wildman–Crippen LogP) is 2.05. The van der Waals surface area contributed by atoms with Gasteiger partial charge >= 0.3 is 5.97 Å². The summed E-state index contributed by atoms with van der Waals surface area (Å²) in [7, 11) is 0. The van der Waals surface area contributed by atoms with Gasteiger partial charge in [-0.2, -0.15) is 0 Å². The quantitative estimate of drug-likeness (QED) is 0.671. The molecule has 3 rings (SSSR count). The van der Waals surface area contributed by atoms with Crippen molar-refractivity contribution in [2.45, 2.75) is 26.5 Å². The molecule has 8 heteroatoms. The smallest absolute Gasteiger partial charge is 0.338 e. The van der Waals surface area contributed by atoms with Gasteiger partial charge in [0.25, 0.3) is 0 Å². The first-order valence-corrected chi connectivity index (χ1v) is 7.41. The molecule has 1 aromatic carbocycles. The third-order valence-corrected chi connectivity index (χ3v) is 3.73. The second-order valence-electron chi connectivity index (χ2n) is 4.43. The number of rotatable bonds is 5. The number of benzene rings is 1. The van der Waals surface area contributed by atoms with E-state index in [0.717, 1.165) is 16.6 Å². The van der Waals surface area contributed by atoms with Crippen LogP contribution in [0.2, 0.25) is 0 Å². The third-order valence-electron chi connectivity index (χ3n) is 2.94. The lowest BCUT2D eigenvalue weighted by Crippen LogP contribution is -2.11. The van der Waals surface area contributed by atoms with Crippen LogP contribution < -0.4 is 0 Å². The maximum Gasteiger partial charge on any atom is 0.338 e. The van der Waals surface area contributed by atoms with Crippen molar-refractivity contribution >= 4 is 27.5 Å². The van der Waals surface area contributed by atoms with Gasteiger partial charge in [-0.05, 0) is 35.0 Å². The number of tetrazole rings is 1. The maximum absolute atomic E-state index is 12.1. The average Bonchev–Trinajstić information content (AvgIpc) is 3.13. The number of thiazole rings is 1. The molecule has 0 saturated carbocycles. The van der Waals surface area contributed by atoms with E-state index < -0.39 is 5.97 Å². The van der Waals surface area contributed by atoms with Crippen LogP contribution in [0.3, 0.4) is 0 Å². The lowest BCUT2D eigenvalue weighted by molar-refractivity contribution is 0.0456. The van der Waals surface area contributed by atoms with E-state index in [-0.39, 0.29) is 6.61 Å². The average molecular weight is 303 g/mol. The van der Waals surface area contributed by atoms with Crippen LogP contribution in [-0.4, -0.2) is 31.2 Å². The van der Waals surface area contributed by atoms with Crippen LogP contribution in [0.1, 0.15) is 29.5 Å².